The van der Waals surface area contributed by atoms with Gasteiger partial charge in [-0.1, -0.05) is 12.1 Å². The largest absolute Gasteiger partial charge is 0.333 e. The Morgan fingerprint density at radius 1 is 1.22 bits per heavy atom. The number of thiazole rings is 1. The van der Waals surface area contributed by atoms with Crippen molar-refractivity contribution >= 4 is 27.5 Å². The van der Waals surface area contributed by atoms with Crippen molar-refractivity contribution in [2.45, 2.75) is 13.0 Å². The summed E-state index contributed by atoms with van der Waals surface area (Å²) in [4.78, 5) is 18.9. The third kappa shape index (κ3) is 2.94. The lowest BCUT2D eigenvalue weighted by Crippen LogP contribution is -2.29. The number of nitrogens with zero attached hydrogens (tertiary/aromatic N) is 3. The maximum absolute atomic E-state index is 12.6. The van der Waals surface area contributed by atoms with E-state index in [4.69, 9.17) is 5.26 Å². The standard InChI is InChI=1S/C18H15N3OS/c1-12(17-20-15-5-3-4-6-16(15)23-17)21(2)18(22)14-9-7-13(11-19)8-10-14/h3-10,12H,1-2H3/t12-/m1/s1. The van der Waals surface area contributed by atoms with Crippen molar-refractivity contribution in [3.8, 4) is 6.07 Å². The van der Waals surface area contributed by atoms with Crippen LogP contribution in [0.2, 0.25) is 0 Å². The number of carbonyl (C=O) groups is 1. The third-order valence-corrected chi connectivity index (χ3v) is 5.04. The zero-order valence-corrected chi connectivity index (χ0v) is 13.7. The maximum Gasteiger partial charge on any atom is 0.254 e. The van der Waals surface area contributed by atoms with Crippen molar-refractivity contribution in [1.82, 2.24) is 9.88 Å². The normalized spacial score (nSPS) is 11.9. The van der Waals surface area contributed by atoms with Gasteiger partial charge in [0.25, 0.3) is 5.91 Å². The molecule has 1 amide bonds. The van der Waals surface area contributed by atoms with Gasteiger partial charge in [-0.05, 0) is 43.3 Å². The smallest absolute Gasteiger partial charge is 0.254 e. The van der Waals surface area contributed by atoms with Crippen LogP contribution >= 0.6 is 11.3 Å². The topological polar surface area (TPSA) is 57.0 Å². The molecule has 1 aromatic heterocycles. The second kappa shape index (κ2) is 6.19. The Labute approximate surface area is 138 Å². The molecular weight excluding hydrogens is 306 g/mol. The van der Waals surface area contributed by atoms with Gasteiger partial charge in [0, 0.05) is 12.6 Å². The number of fused-ring (bicyclic) bond motifs is 1. The van der Waals surface area contributed by atoms with Crippen LogP contribution in [0.25, 0.3) is 10.2 Å². The number of hydrogen-bond acceptors (Lipinski definition) is 4. The van der Waals surface area contributed by atoms with Gasteiger partial charge >= 0.3 is 0 Å². The first-order valence-corrected chi connectivity index (χ1v) is 8.04. The molecule has 3 aromatic rings. The number of carbonyl (C=O) groups excluding carboxylic acids is 1. The molecule has 2 aromatic carbocycles. The Morgan fingerprint density at radius 3 is 2.57 bits per heavy atom. The second-order valence-electron chi connectivity index (χ2n) is 5.30. The van der Waals surface area contributed by atoms with Crippen LogP contribution in [0.3, 0.4) is 0 Å². The number of benzene rings is 2. The minimum absolute atomic E-state index is 0.0822. The molecule has 0 saturated carbocycles. The second-order valence-corrected chi connectivity index (χ2v) is 6.36. The average molecular weight is 321 g/mol. The summed E-state index contributed by atoms with van der Waals surface area (Å²) in [6.07, 6.45) is 0. The molecule has 0 radical (unpaired) electrons. The zero-order chi connectivity index (χ0) is 16.4. The van der Waals surface area contributed by atoms with E-state index in [1.165, 1.54) is 0 Å². The van der Waals surface area contributed by atoms with Crippen LogP contribution in [0.4, 0.5) is 0 Å². The van der Waals surface area contributed by atoms with Gasteiger partial charge in [-0.2, -0.15) is 5.26 Å². The van der Waals surface area contributed by atoms with Crippen LogP contribution in [0.1, 0.15) is 33.9 Å². The van der Waals surface area contributed by atoms with E-state index in [2.05, 4.69) is 11.1 Å². The van der Waals surface area contributed by atoms with E-state index in [9.17, 15) is 4.79 Å². The van der Waals surface area contributed by atoms with Crippen LogP contribution in [-0.2, 0) is 0 Å². The molecule has 0 bridgehead atoms. The van der Waals surface area contributed by atoms with Gasteiger partial charge in [-0.25, -0.2) is 4.98 Å². The highest BCUT2D eigenvalue weighted by Crippen LogP contribution is 2.29. The SMILES string of the molecule is C[C@H](c1nc2ccccc2s1)N(C)C(=O)c1ccc(C#N)cc1. The lowest BCUT2D eigenvalue weighted by atomic mass is 10.1. The molecule has 1 heterocycles. The van der Waals surface area contributed by atoms with Gasteiger partial charge in [0.05, 0.1) is 27.9 Å². The quantitative estimate of drug-likeness (QED) is 0.732. The average Bonchev–Trinajstić information content (AvgIpc) is 3.04. The highest BCUT2D eigenvalue weighted by atomic mass is 32.1. The highest BCUT2D eigenvalue weighted by Gasteiger charge is 2.21. The Kier molecular flexibility index (Phi) is 4.09. The predicted octanol–water partition coefficient (Wildman–Crippen LogP) is 4.00. The van der Waals surface area contributed by atoms with Gasteiger partial charge in [0.15, 0.2) is 0 Å². The molecule has 0 aliphatic carbocycles. The molecule has 4 nitrogen and oxygen atoms in total. The molecule has 0 saturated heterocycles. The maximum atomic E-state index is 12.6. The van der Waals surface area contributed by atoms with Crippen LogP contribution in [0.5, 0.6) is 0 Å². The van der Waals surface area contributed by atoms with Crippen molar-refractivity contribution in [1.29, 1.82) is 5.26 Å². The lowest BCUT2D eigenvalue weighted by Gasteiger charge is -2.23. The predicted molar refractivity (Wildman–Crippen MR) is 91.3 cm³/mol. The number of rotatable bonds is 3. The minimum atomic E-state index is -0.115. The number of aromatic nitrogens is 1. The Bertz CT molecular complexity index is 860. The summed E-state index contributed by atoms with van der Waals surface area (Å²) < 4.78 is 1.12. The first kappa shape index (κ1) is 15.2. The molecule has 0 N–H and O–H groups in total. The van der Waals surface area contributed by atoms with E-state index in [1.807, 2.05) is 31.2 Å². The lowest BCUT2D eigenvalue weighted by molar-refractivity contribution is 0.0742. The van der Waals surface area contributed by atoms with Crippen molar-refractivity contribution in [3.05, 3.63) is 64.7 Å². The molecule has 0 spiro atoms. The molecule has 0 aliphatic rings. The fourth-order valence-corrected chi connectivity index (χ4v) is 3.36. The Morgan fingerprint density at radius 2 is 1.91 bits per heavy atom. The monoisotopic (exact) mass is 321 g/mol. The van der Waals surface area contributed by atoms with E-state index < -0.39 is 0 Å². The molecule has 3 rings (SSSR count). The summed E-state index contributed by atoms with van der Waals surface area (Å²) in [5.41, 5.74) is 2.07. The van der Waals surface area contributed by atoms with Crippen molar-refractivity contribution in [2.24, 2.45) is 0 Å². The molecule has 0 fully saturated rings. The summed E-state index contributed by atoms with van der Waals surface area (Å²) in [5.74, 6) is -0.0822. The summed E-state index contributed by atoms with van der Waals surface area (Å²) >= 11 is 1.60. The van der Waals surface area contributed by atoms with Gasteiger partial charge in [-0.3, -0.25) is 4.79 Å². The summed E-state index contributed by atoms with van der Waals surface area (Å²) in [6.45, 7) is 1.97. The summed E-state index contributed by atoms with van der Waals surface area (Å²) in [6, 6.07) is 16.6. The summed E-state index contributed by atoms with van der Waals surface area (Å²) in [7, 11) is 1.78. The Balaban J connectivity index is 1.84. The van der Waals surface area contributed by atoms with E-state index in [-0.39, 0.29) is 11.9 Å². The number of nitriles is 1. The van der Waals surface area contributed by atoms with Crippen LogP contribution in [-0.4, -0.2) is 22.8 Å². The first-order chi connectivity index (χ1) is 11.1. The number of amides is 1. The van der Waals surface area contributed by atoms with E-state index in [0.717, 1.165) is 15.2 Å². The fraction of sp³-hybridized carbons (Fsp3) is 0.167. The van der Waals surface area contributed by atoms with E-state index >= 15 is 0 Å². The van der Waals surface area contributed by atoms with E-state index in [0.29, 0.717) is 11.1 Å². The van der Waals surface area contributed by atoms with Crippen molar-refractivity contribution in [2.75, 3.05) is 7.05 Å². The molecule has 5 heteroatoms. The van der Waals surface area contributed by atoms with Crippen molar-refractivity contribution < 1.29 is 4.79 Å². The fourth-order valence-electron chi connectivity index (χ4n) is 2.30. The highest BCUT2D eigenvalue weighted by molar-refractivity contribution is 7.18. The molecule has 114 valence electrons. The number of hydrogen-bond donors (Lipinski definition) is 0. The van der Waals surface area contributed by atoms with E-state index in [1.54, 1.807) is 47.5 Å². The van der Waals surface area contributed by atoms with Crippen LogP contribution < -0.4 is 0 Å². The zero-order valence-electron chi connectivity index (χ0n) is 12.9. The summed E-state index contributed by atoms with van der Waals surface area (Å²) in [5, 5.41) is 9.74. The molecule has 0 aliphatic heterocycles. The number of para-hydroxylation sites is 1. The van der Waals surface area contributed by atoms with Gasteiger partial charge in [-0.15, -0.1) is 11.3 Å². The first-order valence-electron chi connectivity index (χ1n) is 7.23. The molecule has 23 heavy (non-hydrogen) atoms. The van der Waals surface area contributed by atoms with Gasteiger partial charge < -0.3 is 4.90 Å². The van der Waals surface area contributed by atoms with Crippen LogP contribution in [0, 0.1) is 11.3 Å². The minimum Gasteiger partial charge on any atom is -0.333 e. The van der Waals surface area contributed by atoms with Crippen LogP contribution in [0.15, 0.2) is 48.5 Å². The molecule has 0 unspecified atom stereocenters. The third-order valence-electron chi connectivity index (χ3n) is 3.83. The molecule has 1 atom stereocenters. The van der Waals surface area contributed by atoms with Gasteiger partial charge in [0.2, 0.25) is 0 Å². The van der Waals surface area contributed by atoms with Gasteiger partial charge in [0.1, 0.15) is 5.01 Å². The Hall–Kier alpha value is -2.71. The molecular formula is C18H15N3OS. The van der Waals surface area contributed by atoms with Crippen molar-refractivity contribution in [3.63, 3.8) is 0 Å².